The number of ether oxygens (including phenoxy) is 2. The molecular weight excluding hydrogens is 328 g/mol. The Labute approximate surface area is 154 Å². The summed E-state index contributed by atoms with van der Waals surface area (Å²) in [6.45, 7) is 8.00. The van der Waals surface area contributed by atoms with Gasteiger partial charge in [0.05, 0.1) is 18.8 Å². The molecular formula is C21H26N2O3. The van der Waals surface area contributed by atoms with Crippen LogP contribution in [0.1, 0.15) is 49.8 Å². The van der Waals surface area contributed by atoms with Gasteiger partial charge in [0.2, 0.25) is 0 Å². The van der Waals surface area contributed by atoms with E-state index >= 15 is 0 Å². The molecule has 1 aliphatic rings. The third-order valence-electron chi connectivity index (χ3n) is 4.38. The van der Waals surface area contributed by atoms with Crippen LogP contribution in [0, 0.1) is 0 Å². The maximum absolute atomic E-state index is 13.0. The molecule has 1 unspecified atom stereocenters. The molecule has 0 bridgehead atoms. The van der Waals surface area contributed by atoms with Crippen LogP contribution in [0.3, 0.4) is 0 Å². The highest BCUT2D eigenvalue weighted by Gasteiger charge is 2.34. The van der Waals surface area contributed by atoms with E-state index in [0.717, 1.165) is 11.3 Å². The Bertz CT molecular complexity index is 802. The summed E-state index contributed by atoms with van der Waals surface area (Å²) < 4.78 is 11.3. The molecule has 1 heterocycles. The summed E-state index contributed by atoms with van der Waals surface area (Å²) in [6, 6.07) is 13.5. The molecule has 5 heteroatoms. The van der Waals surface area contributed by atoms with Crippen molar-refractivity contribution in [2.75, 3.05) is 12.4 Å². The fraction of sp³-hybridized carbons (Fsp3) is 0.381. The highest BCUT2D eigenvalue weighted by Crippen LogP contribution is 2.38. The van der Waals surface area contributed by atoms with Crippen LogP contribution in [0.4, 0.5) is 5.69 Å². The van der Waals surface area contributed by atoms with Gasteiger partial charge >= 0.3 is 0 Å². The van der Waals surface area contributed by atoms with Crippen LogP contribution >= 0.6 is 0 Å². The summed E-state index contributed by atoms with van der Waals surface area (Å²) in [4.78, 5) is 14.9. The highest BCUT2D eigenvalue weighted by molar-refractivity contribution is 6.01. The van der Waals surface area contributed by atoms with Crippen molar-refractivity contribution >= 4 is 11.6 Å². The second-order valence-corrected chi connectivity index (χ2v) is 6.98. The lowest BCUT2D eigenvalue weighted by atomic mass is 10.0. The molecule has 2 aromatic carbocycles. The number of methoxy groups -OCH3 is 1. The van der Waals surface area contributed by atoms with Crippen LogP contribution in [0.25, 0.3) is 0 Å². The van der Waals surface area contributed by atoms with E-state index in [9.17, 15) is 4.79 Å². The second kappa shape index (κ2) is 7.28. The minimum atomic E-state index is -0.264. The van der Waals surface area contributed by atoms with Gasteiger partial charge in [0.15, 0.2) is 11.5 Å². The van der Waals surface area contributed by atoms with Gasteiger partial charge in [0.25, 0.3) is 5.91 Å². The topological polar surface area (TPSA) is 50.8 Å². The molecule has 0 fully saturated rings. The van der Waals surface area contributed by atoms with E-state index in [1.54, 1.807) is 7.11 Å². The van der Waals surface area contributed by atoms with Gasteiger partial charge in [0, 0.05) is 11.7 Å². The second-order valence-electron chi connectivity index (χ2n) is 6.98. The van der Waals surface area contributed by atoms with Gasteiger partial charge in [-0.3, -0.25) is 4.79 Å². The molecule has 0 saturated heterocycles. The van der Waals surface area contributed by atoms with Crippen molar-refractivity contribution in [2.45, 2.75) is 46.0 Å². The van der Waals surface area contributed by atoms with E-state index in [0.29, 0.717) is 17.1 Å². The van der Waals surface area contributed by atoms with Crippen molar-refractivity contribution in [2.24, 2.45) is 0 Å². The average molecular weight is 354 g/mol. The van der Waals surface area contributed by atoms with E-state index < -0.39 is 0 Å². The number of nitrogens with one attached hydrogen (secondary N) is 1. The van der Waals surface area contributed by atoms with Crippen molar-refractivity contribution < 1.29 is 14.3 Å². The van der Waals surface area contributed by atoms with Gasteiger partial charge in [-0.1, -0.05) is 18.2 Å². The Kier molecular flexibility index (Phi) is 5.07. The Morgan fingerprint density at radius 2 is 1.77 bits per heavy atom. The maximum Gasteiger partial charge on any atom is 0.258 e. The first-order chi connectivity index (χ1) is 12.4. The van der Waals surface area contributed by atoms with Crippen molar-refractivity contribution in [3.05, 3.63) is 53.6 Å². The third-order valence-corrected chi connectivity index (χ3v) is 4.38. The maximum atomic E-state index is 13.0. The van der Waals surface area contributed by atoms with Crippen LogP contribution in [0.5, 0.6) is 11.5 Å². The smallest absolute Gasteiger partial charge is 0.258 e. The minimum Gasteiger partial charge on any atom is -0.493 e. The lowest BCUT2D eigenvalue weighted by Gasteiger charge is -2.40. The molecule has 0 radical (unpaired) electrons. The SMILES string of the molecule is COc1cc(C2Nc3ccccc3C(=O)N2C(C)C)ccc1OC(C)C. The molecule has 0 saturated carbocycles. The number of para-hydroxylation sites is 1. The minimum absolute atomic E-state index is 0.0285. The highest BCUT2D eigenvalue weighted by atomic mass is 16.5. The first-order valence-corrected chi connectivity index (χ1v) is 8.95. The zero-order valence-corrected chi connectivity index (χ0v) is 15.9. The molecule has 1 aliphatic heterocycles. The Hall–Kier alpha value is -2.69. The van der Waals surface area contributed by atoms with Gasteiger partial charge in [-0.05, 0) is 57.5 Å². The van der Waals surface area contributed by atoms with E-state index in [-0.39, 0.29) is 24.2 Å². The fourth-order valence-electron chi connectivity index (χ4n) is 3.25. The normalized spacial score (nSPS) is 16.5. The van der Waals surface area contributed by atoms with Crippen molar-refractivity contribution in [1.82, 2.24) is 4.90 Å². The number of hydrogen-bond acceptors (Lipinski definition) is 4. The predicted octanol–water partition coefficient (Wildman–Crippen LogP) is 4.46. The molecule has 3 rings (SSSR count). The largest absolute Gasteiger partial charge is 0.493 e. The van der Waals surface area contributed by atoms with Crippen LogP contribution in [-0.2, 0) is 0 Å². The summed E-state index contributed by atoms with van der Waals surface area (Å²) >= 11 is 0. The van der Waals surface area contributed by atoms with Gasteiger partial charge in [0.1, 0.15) is 6.17 Å². The molecule has 0 aliphatic carbocycles. The number of amides is 1. The number of carbonyl (C=O) groups excluding carboxylic acids is 1. The van der Waals surface area contributed by atoms with E-state index in [2.05, 4.69) is 5.32 Å². The molecule has 1 amide bonds. The van der Waals surface area contributed by atoms with Crippen LogP contribution in [-0.4, -0.2) is 30.1 Å². The predicted molar refractivity (Wildman–Crippen MR) is 103 cm³/mol. The number of hydrogen-bond donors (Lipinski definition) is 1. The number of rotatable bonds is 5. The van der Waals surface area contributed by atoms with Gasteiger partial charge < -0.3 is 19.7 Å². The van der Waals surface area contributed by atoms with Crippen LogP contribution in [0.15, 0.2) is 42.5 Å². The Morgan fingerprint density at radius 3 is 2.42 bits per heavy atom. The van der Waals surface area contributed by atoms with E-state index in [1.165, 1.54) is 0 Å². The molecule has 1 N–H and O–H groups in total. The number of anilines is 1. The van der Waals surface area contributed by atoms with Crippen LogP contribution < -0.4 is 14.8 Å². The summed E-state index contributed by atoms with van der Waals surface area (Å²) in [7, 11) is 1.63. The lowest BCUT2D eigenvalue weighted by molar-refractivity contribution is 0.0616. The standard InChI is InChI=1S/C21H26N2O3/c1-13(2)23-20(22-17-9-7-6-8-16(17)21(23)24)15-10-11-18(26-14(3)4)19(12-15)25-5/h6-14,20,22H,1-5H3. The van der Waals surface area contributed by atoms with Crippen LogP contribution in [0.2, 0.25) is 0 Å². The molecule has 0 aromatic heterocycles. The number of benzene rings is 2. The Morgan fingerprint density at radius 1 is 1.04 bits per heavy atom. The van der Waals surface area contributed by atoms with E-state index in [4.69, 9.17) is 9.47 Å². The van der Waals surface area contributed by atoms with Crippen molar-refractivity contribution in [3.8, 4) is 11.5 Å². The molecule has 2 aromatic rings. The number of fused-ring (bicyclic) bond motifs is 1. The summed E-state index contributed by atoms with van der Waals surface area (Å²) in [5.41, 5.74) is 2.50. The number of carbonyl (C=O) groups is 1. The molecule has 26 heavy (non-hydrogen) atoms. The summed E-state index contributed by atoms with van der Waals surface area (Å²) in [5, 5.41) is 3.50. The first-order valence-electron chi connectivity index (χ1n) is 8.95. The quantitative estimate of drug-likeness (QED) is 0.861. The van der Waals surface area contributed by atoms with Crippen molar-refractivity contribution in [3.63, 3.8) is 0 Å². The van der Waals surface area contributed by atoms with Gasteiger partial charge in [-0.25, -0.2) is 0 Å². The van der Waals surface area contributed by atoms with Gasteiger partial charge in [-0.15, -0.1) is 0 Å². The number of nitrogens with zero attached hydrogens (tertiary/aromatic N) is 1. The summed E-state index contributed by atoms with van der Waals surface area (Å²) in [5.74, 6) is 1.39. The van der Waals surface area contributed by atoms with Gasteiger partial charge in [-0.2, -0.15) is 0 Å². The third kappa shape index (κ3) is 3.34. The molecule has 0 spiro atoms. The average Bonchev–Trinajstić information content (AvgIpc) is 2.61. The summed E-state index contributed by atoms with van der Waals surface area (Å²) in [6.07, 6.45) is -0.206. The fourth-order valence-corrected chi connectivity index (χ4v) is 3.25. The van der Waals surface area contributed by atoms with E-state index in [1.807, 2.05) is 75.1 Å². The monoisotopic (exact) mass is 354 g/mol. The molecule has 5 nitrogen and oxygen atoms in total. The lowest BCUT2D eigenvalue weighted by Crippen LogP contribution is -2.46. The zero-order valence-electron chi connectivity index (χ0n) is 15.9. The molecule has 138 valence electrons. The van der Waals surface area contributed by atoms with Crippen molar-refractivity contribution in [1.29, 1.82) is 0 Å². The molecule has 1 atom stereocenters. The zero-order chi connectivity index (χ0) is 18.8. The Balaban J connectivity index is 2.03. The first kappa shape index (κ1) is 18.1.